The van der Waals surface area contributed by atoms with E-state index in [9.17, 15) is 5.11 Å². The predicted molar refractivity (Wildman–Crippen MR) is 76.1 cm³/mol. The van der Waals surface area contributed by atoms with E-state index in [1.165, 1.54) is 0 Å². The van der Waals surface area contributed by atoms with Gasteiger partial charge in [-0.1, -0.05) is 12.1 Å². The molecule has 0 unspecified atom stereocenters. The number of furan rings is 1. The van der Waals surface area contributed by atoms with Gasteiger partial charge in [0.25, 0.3) is 0 Å². The molecule has 1 atom stereocenters. The predicted octanol–water partition coefficient (Wildman–Crippen LogP) is 1.99. The molecule has 0 saturated heterocycles. The normalized spacial score (nSPS) is 12.9. The standard InChI is InChI=1S/C15H17N3O2/c1-18-12-6-3-2-5-11(12)17-15(18)10-16-9-13(19)14-7-4-8-20-14/h2-8,13,16,19H,9-10H2,1H3/t13-/m0/s1. The maximum atomic E-state index is 9.91. The fraction of sp³-hybridized carbons (Fsp3) is 0.267. The molecule has 104 valence electrons. The Hall–Kier alpha value is -2.11. The van der Waals surface area contributed by atoms with E-state index in [1.54, 1.807) is 18.4 Å². The van der Waals surface area contributed by atoms with E-state index in [1.807, 2.05) is 31.3 Å². The number of benzene rings is 1. The van der Waals surface area contributed by atoms with Crippen LogP contribution in [0.4, 0.5) is 0 Å². The molecule has 0 aliphatic rings. The number of aromatic nitrogens is 2. The van der Waals surface area contributed by atoms with Crippen LogP contribution in [0.25, 0.3) is 11.0 Å². The molecule has 3 aromatic rings. The molecule has 2 heterocycles. The smallest absolute Gasteiger partial charge is 0.133 e. The number of hydrogen-bond donors (Lipinski definition) is 2. The molecule has 20 heavy (non-hydrogen) atoms. The molecule has 3 rings (SSSR count). The second-order valence-corrected chi connectivity index (χ2v) is 4.74. The third-order valence-electron chi connectivity index (χ3n) is 3.37. The molecule has 2 N–H and O–H groups in total. The number of nitrogens with one attached hydrogen (secondary N) is 1. The van der Waals surface area contributed by atoms with Gasteiger partial charge in [-0.15, -0.1) is 0 Å². The van der Waals surface area contributed by atoms with E-state index < -0.39 is 6.10 Å². The van der Waals surface area contributed by atoms with Gasteiger partial charge in [-0.2, -0.15) is 0 Å². The van der Waals surface area contributed by atoms with Crippen LogP contribution in [0.3, 0.4) is 0 Å². The number of para-hydroxylation sites is 2. The van der Waals surface area contributed by atoms with Crippen LogP contribution in [-0.4, -0.2) is 21.2 Å². The molecule has 1 aromatic carbocycles. The minimum atomic E-state index is -0.639. The van der Waals surface area contributed by atoms with Gasteiger partial charge in [-0.3, -0.25) is 0 Å². The molecule has 0 aliphatic carbocycles. The molecule has 2 aromatic heterocycles. The van der Waals surface area contributed by atoms with Gasteiger partial charge in [0.05, 0.1) is 23.8 Å². The van der Waals surface area contributed by atoms with E-state index in [-0.39, 0.29) is 0 Å². The Morgan fingerprint density at radius 3 is 2.90 bits per heavy atom. The van der Waals surface area contributed by atoms with Gasteiger partial charge in [-0.05, 0) is 24.3 Å². The van der Waals surface area contributed by atoms with Crippen molar-refractivity contribution in [1.82, 2.24) is 14.9 Å². The summed E-state index contributed by atoms with van der Waals surface area (Å²) >= 11 is 0. The van der Waals surface area contributed by atoms with E-state index in [2.05, 4.69) is 14.9 Å². The highest BCUT2D eigenvalue weighted by Crippen LogP contribution is 2.15. The van der Waals surface area contributed by atoms with Crippen molar-refractivity contribution in [2.24, 2.45) is 7.05 Å². The van der Waals surface area contributed by atoms with E-state index in [0.717, 1.165) is 16.9 Å². The lowest BCUT2D eigenvalue weighted by atomic mass is 10.3. The van der Waals surface area contributed by atoms with Crippen LogP contribution >= 0.6 is 0 Å². The first-order chi connectivity index (χ1) is 9.75. The maximum absolute atomic E-state index is 9.91. The van der Waals surface area contributed by atoms with Crippen LogP contribution in [0.2, 0.25) is 0 Å². The molecule has 0 bridgehead atoms. The highest BCUT2D eigenvalue weighted by Gasteiger charge is 2.11. The van der Waals surface area contributed by atoms with Gasteiger partial charge in [0, 0.05) is 13.6 Å². The second kappa shape index (κ2) is 5.48. The number of rotatable bonds is 5. The first-order valence-corrected chi connectivity index (χ1v) is 6.58. The molecule has 0 amide bonds. The second-order valence-electron chi connectivity index (χ2n) is 4.74. The highest BCUT2D eigenvalue weighted by molar-refractivity contribution is 5.75. The Morgan fingerprint density at radius 1 is 1.30 bits per heavy atom. The number of nitrogens with zero attached hydrogens (tertiary/aromatic N) is 2. The third kappa shape index (κ3) is 2.45. The summed E-state index contributed by atoms with van der Waals surface area (Å²) in [5, 5.41) is 13.1. The summed E-state index contributed by atoms with van der Waals surface area (Å²) < 4.78 is 7.22. The zero-order chi connectivity index (χ0) is 13.9. The van der Waals surface area contributed by atoms with Crippen molar-refractivity contribution >= 4 is 11.0 Å². The summed E-state index contributed by atoms with van der Waals surface area (Å²) in [6, 6.07) is 11.6. The van der Waals surface area contributed by atoms with Gasteiger partial charge < -0.3 is 19.4 Å². The molecule has 5 heteroatoms. The van der Waals surface area contributed by atoms with Crippen molar-refractivity contribution in [3.8, 4) is 0 Å². The van der Waals surface area contributed by atoms with Crippen LogP contribution < -0.4 is 5.32 Å². The fourth-order valence-electron chi connectivity index (χ4n) is 2.26. The van der Waals surface area contributed by atoms with E-state index in [0.29, 0.717) is 18.8 Å². The Bertz CT molecular complexity index is 688. The Morgan fingerprint density at radius 2 is 2.15 bits per heavy atom. The molecule has 0 spiro atoms. The van der Waals surface area contributed by atoms with Crippen LogP contribution in [-0.2, 0) is 13.6 Å². The molecular formula is C15H17N3O2. The van der Waals surface area contributed by atoms with Crippen LogP contribution in [0.15, 0.2) is 47.1 Å². The summed E-state index contributed by atoms with van der Waals surface area (Å²) in [6.07, 6.45) is 0.920. The number of imidazole rings is 1. The quantitative estimate of drug-likeness (QED) is 0.745. The minimum Gasteiger partial charge on any atom is -0.467 e. The topological polar surface area (TPSA) is 63.2 Å². The Labute approximate surface area is 116 Å². The summed E-state index contributed by atoms with van der Waals surface area (Å²) in [4.78, 5) is 4.57. The van der Waals surface area contributed by atoms with Crippen molar-refractivity contribution in [3.05, 3.63) is 54.2 Å². The van der Waals surface area contributed by atoms with Crippen LogP contribution in [0, 0.1) is 0 Å². The van der Waals surface area contributed by atoms with Gasteiger partial charge in [0.15, 0.2) is 0 Å². The van der Waals surface area contributed by atoms with Crippen molar-refractivity contribution in [3.63, 3.8) is 0 Å². The SMILES string of the molecule is Cn1c(CNC[C@H](O)c2ccco2)nc2ccccc21. The molecule has 0 saturated carbocycles. The number of hydrogen-bond acceptors (Lipinski definition) is 4. The maximum Gasteiger partial charge on any atom is 0.133 e. The average molecular weight is 271 g/mol. The molecule has 0 radical (unpaired) electrons. The molecular weight excluding hydrogens is 254 g/mol. The van der Waals surface area contributed by atoms with Crippen LogP contribution in [0.1, 0.15) is 17.7 Å². The monoisotopic (exact) mass is 271 g/mol. The Balaban J connectivity index is 1.64. The molecule has 0 fully saturated rings. The molecule has 5 nitrogen and oxygen atoms in total. The first-order valence-electron chi connectivity index (χ1n) is 6.58. The van der Waals surface area contributed by atoms with Crippen molar-refractivity contribution < 1.29 is 9.52 Å². The average Bonchev–Trinajstić information content (AvgIpc) is 3.09. The van der Waals surface area contributed by atoms with Crippen LogP contribution in [0.5, 0.6) is 0 Å². The highest BCUT2D eigenvalue weighted by atomic mass is 16.4. The zero-order valence-corrected chi connectivity index (χ0v) is 11.3. The number of aliphatic hydroxyl groups excluding tert-OH is 1. The molecule has 0 aliphatic heterocycles. The van der Waals surface area contributed by atoms with Crippen molar-refractivity contribution in [2.75, 3.05) is 6.54 Å². The number of aryl methyl sites for hydroxylation is 1. The number of aliphatic hydroxyl groups is 1. The third-order valence-corrected chi connectivity index (χ3v) is 3.37. The largest absolute Gasteiger partial charge is 0.467 e. The lowest BCUT2D eigenvalue weighted by Gasteiger charge is -2.09. The first kappa shape index (κ1) is 12.9. The Kier molecular flexibility index (Phi) is 3.54. The van der Waals surface area contributed by atoms with E-state index in [4.69, 9.17) is 4.42 Å². The summed E-state index contributed by atoms with van der Waals surface area (Å²) in [6.45, 7) is 1.03. The summed E-state index contributed by atoms with van der Waals surface area (Å²) in [5.74, 6) is 1.51. The zero-order valence-electron chi connectivity index (χ0n) is 11.3. The van der Waals surface area contributed by atoms with Crippen molar-refractivity contribution in [1.29, 1.82) is 0 Å². The summed E-state index contributed by atoms with van der Waals surface area (Å²) in [7, 11) is 2.00. The van der Waals surface area contributed by atoms with Gasteiger partial charge in [0.1, 0.15) is 17.7 Å². The van der Waals surface area contributed by atoms with Gasteiger partial charge in [-0.25, -0.2) is 4.98 Å². The fourth-order valence-corrected chi connectivity index (χ4v) is 2.26. The minimum absolute atomic E-state index is 0.427. The summed E-state index contributed by atoms with van der Waals surface area (Å²) in [5.41, 5.74) is 2.09. The number of fused-ring (bicyclic) bond motifs is 1. The lowest BCUT2D eigenvalue weighted by molar-refractivity contribution is 0.147. The lowest BCUT2D eigenvalue weighted by Crippen LogP contribution is -2.22. The van der Waals surface area contributed by atoms with Gasteiger partial charge >= 0.3 is 0 Å². The van der Waals surface area contributed by atoms with E-state index >= 15 is 0 Å². The van der Waals surface area contributed by atoms with Crippen molar-refractivity contribution in [2.45, 2.75) is 12.6 Å². The van der Waals surface area contributed by atoms with Gasteiger partial charge in [0.2, 0.25) is 0 Å².